The quantitative estimate of drug-likeness (QED) is 0.636. The van der Waals surface area contributed by atoms with E-state index in [0.29, 0.717) is 18.3 Å². The van der Waals surface area contributed by atoms with E-state index in [4.69, 9.17) is 0 Å². The van der Waals surface area contributed by atoms with E-state index >= 15 is 0 Å². The maximum atomic E-state index is 11.0. The van der Waals surface area contributed by atoms with Gasteiger partial charge in [0.05, 0.1) is 4.92 Å². The van der Waals surface area contributed by atoms with Crippen molar-refractivity contribution >= 4 is 17.5 Å². The summed E-state index contributed by atoms with van der Waals surface area (Å²) in [6.45, 7) is 2.93. The highest BCUT2D eigenvalue weighted by molar-refractivity contribution is 5.56. The average Bonchev–Trinajstić information content (AvgIpc) is 2.45. The SMILES string of the molecule is CNc1ncc([N+](=O)[O-])c(NCC2(C)CCCCC2)n1. The summed E-state index contributed by atoms with van der Waals surface area (Å²) in [5, 5.41) is 17.0. The fraction of sp³-hybridized carbons (Fsp3) is 0.692. The van der Waals surface area contributed by atoms with Crippen LogP contribution in [0.3, 0.4) is 0 Å². The number of nitrogens with one attached hydrogen (secondary N) is 2. The Morgan fingerprint density at radius 1 is 1.40 bits per heavy atom. The molecule has 2 rings (SSSR count). The molecule has 1 fully saturated rings. The lowest BCUT2D eigenvalue weighted by Gasteiger charge is -2.33. The van der Waals surface area contributed by atoms with Gasteiger partial charge in [0, 0.05) is 13.6 Å². The molecule has 0 aromatic carbocycles. The van der Waals surface area contributed by atoms with Crippen molar-refractivity contribution in [3.8, 4) is 0 Å². The Bertz CT molecular complexity index is 486. The zero-order chi connectivity index (χ0) is 14.6. The van der Waals surface area contributed by atoms with Crippen LogP contribution in [0.1, 0.15) is 39.0 Å². The van der Waals surface area contributed by atoms with Crippen molar-refractivity contribution in [2.24, 2.45) is 5.41 Å². The second-order valence-electron chi connectivity index (χ2n) is 5.66. The van der Waals surface area contributed by atoms with Gasteiger partial charge in [0.1, 0.15) is 6.20 Å². The largest absolute Gasteiger partial charge is 0.364 e. The van der Waals surface area contributed by atoms with Gasteiger partial charge in [-0.25, -0.2) is 4.98 Å². The predicted molar refractivity (Wildman–Crippen MR) is 77.9 cm³/mol. The van der Waals surface area contributed by atoms with Crippen LogP contribution in [0.5, 0.6) is 0 Å². The summed E-state index contributed by atoms with van der Waals surface area (Å²) in [7, 11) is 1.69. The number of nitro groups is 1. The highest BCUT2D eigenvalue weighted by atomic mass is 16.6. The van der Waals surface area contributed by atoms with Crippen LogP contribution in [-0.2, 0) is 0 Å². The Balaban J connectivity index is 2.12. The molecule has 1 aliphatic rings. The van der Waals surface area contributed by atoms with Gasteiger partial charge in [0.2, 0.25) is 11.8 Å². The standard InChI is InChI=1S/C13H21N5O2/c1-13(6-4-3-5-7-13)9-16-11-10(18(19)20)8-15-12(14-2)17-11/h8H,3-7,9H2,1-2H3,(H2,14,15,16,17). The highest BCUT2D eigenvalue weighted by Gasteiger charge is 2.28. The molecular formula is C13H21N5O2. The van der Waals surface area contributed by atoms with E-state index in [1.807, 2.05) is 0 Å². The van der Waals surface area contributed by atoms with Crippen molar-refractivity contribution in [3.63, 3.8) is 0 Å². The molecule has 0 spiro atoms. The van der Waals surface area contributed by atoms with Crippen LogP contribution in [0.25, 0.3) is 0 Å². The van der Waals surface area contributed by atoms with Crippen molar-refractivity contribution in [3.05, 3.63) is 16.3 Å². The first-order chi connectivity index (χ1) is 9.54. The van der Waals surface area contributed by atoms with Gasteiger partial charge in [-0.05, 0) is 18.3 Å². The van der Waals surface area contributed by atoms with E-state index in [-0.39, 0.29) is 11.1 Å². The molecule has 0 bridgehead atoms. The van der Waals surface area contributed by atoms with E-state index < -0.39 is 4.92 Å². The molecule has 0 radical (unpaired) electrons. The topological polar surface area (TPSA) is 93.0 Å². The maximum absolute atomic E-state index is 11.0. The van der Waals surface area contributed by atoms with E-state index in [1.165, 1.54) is 25.5 Å². The normalized spacial score (nSPS) is 17.5. The Morgan fingerprint density at radius 2 is 2.10 bits per heavy atom. The van der Waals surface area contributed by atoms with Gasteiger partial charge in [0.25, 0.3) is 0 Å². The first kappa shape index (κ1) is 14.5. The second kappa shape index (κ2) is 6.02. The summed E-state index contributed by atoms with van der Waals surface area (Å²) >= 11 is 0. The fourth-order valence-electron chi connectivity index (χ4n) is 2.64. The van der Waals surface area contributed by atoms with E-state index in [1.54, 1.807) is 7.05 Å². The third-order valence-corrected chi connectivity index (χ3v) is 3.93. The summed E-state index contributed by atoms with van der Waals surface area (Å²) in [6.07, 6.45) is 7.28. The lowest BCUT2D eigenvalue weighted by molar-refractivity contribution is -0.384. The first-order valence-corrected chi connectivity index (χ1v) is 6.97. The smallest absolute Gasteiger partial charge is 0.329 e. The van der Waals surface area contributed by atoms with Crippen LogP contribution in [0, 0.1) is 15.5 Å². The van der Waals surface area contributed by atoms with Gasteiger partial charge < -0.3 is 10.6 Å². The number of nitrogens with zero attached hydrogens (tertiary/aromatic N) is 3. The summed E-state index contributed by atoms with van der Waals surface area (Å²) in [5.41, 5.74) is 0.111. The zero-order valence-corrected chi connectivity index (χ0v) is 12.0. The maximum Gasteiger partial charge on any atom is 0.329 e. The molecule has 1 aromatic heterocycles. The summed E-state index contributed by atoms with van der Waals surface area (Å²) in [4.78, 5) is 18.6. The Morgan fingerprint density at radius 3 is 2.70 bits per heavy atom. The molecule has 1 aliphatic carbocycles. The van der Waals surface area contributed by atoms with Crippen LogP contribution in [0.2, 0.25) is 0 Å². The molecule has 2 N–H and O–H groups in total. The van der Waals surface area contributed by atoms with Gasteiger partial charge in [-0.2, -0.15) is 4.98 Å². The zero-order valence-electron chi connectivity index (χ0n) is 12.0. The predicted octanol–water partition coefficient (Wildman–Crippen LogP) is 2.81. The second-order valence-corrected chi connectivity index (χ2v) is 5.66. The van der Waals surface area contributed by atoms with Crippen LogP contribution in [0.4, 0.5) is 17.5 Å². The fourth-order valence-corrected chi connectivity index (χ4v) is 2.64. The molecule has 1 aromatic rings. The van der Waals surface area contributed by atoms with Crippen molar-refractivity contribution < 1.29 is 4.92 Å². The highest BCUT2D eigenvalue weighted by Crippen LogP contribution is 2.36. The molecule has 0 atom stereocenters. The molecule has 1 saturated carbocycles. The van der Waals surface area contributed by atoms with Crippen molar-refractivity contribution in [1.29, 1.82) is 0 Å². The lowest BCUT2D eigenvalue weighted by Crippen LogP contribution is -2.29. The number of hydrogen-bond donors (Lipinski definition) is 2. The van der Waals surface area contributed by atoms with E-state index in [0.717, 1.165) is 12.8 Å². The molecule has 0 aliphatic heterocycles. The van der Waals surface area contributed by atoms with Crippen molar-refractivity contribution in [2.75, 3.05) is 24.2 Å². The monoisotopic (exact) mass is 279 g/mol. The molecule has 7 heteroatoms. The van der Waals surface area contributed by atoms with Crippen LogP contribution in [0.15, 0.2) is 6.20 Å². The number of anilines is 2. The van der Waals surface area contributed by atoms with Gasteiger partial charge >= 0.3 is 5.69 Å². The molecule has 0 saturated heterocycles. The van der Waals surface area contributed by atoms with E-state index in [9.17, 15) is 10.1 Å². The van der Waals surface area contributed by atoms with Crippen LogP contribution < -0.4 is 10.6 Å². The minimum atomic E-state index is -0.453. The molecule has 110 valence electrons. The number of aromatic nitrogens is 2. The Kier molecular flexibility index (Phi) is 4.36. The van der Waals surface area contributed by atoms with Gasteiger partial charge in [-0.3, -0.25) is 10.1 Å². The van der Waals surface area contributed by atoms with Gasteiger partial charge in [0.15, 0.2) is 0 Å². The molecular weight excluding hydrogens is 258 g/mol. The Hall–Kier alpha value is -1.92. The lowest BCUT2D eigenvalue weighted by atomic mass is 9.76. The molecule has 7 nitrogen and oxygen atoms in total. The van der Waals surface area contributed by atoms with Crippen LogP contribution in [-0.4, -0.2) is 28.5 Å². The van der Waals surface area contributed by atoms with Gasteiger partial charge in [-0.15, -0.1) is 0 Å². The summed E-state index contributed by atoms with van der Waals surface area (Å²) in [5.74, 6) is 0.674. The van der Waals surface area contributed by atoms with Crippen LogP contribution >= 0.6 is 0 Å². The minimum Gasteiger partial charge on any atom is -0.364 e. The molecule has 20 heavy (non-hydrogen) atoms. The molecule has 0 unspecified atom stereocenters. The third kappa shape index (κ3) is 3.34. The average molecular weight is 279 g/mol. The van der Waals surface area contributed by atoms with Gasteiger partial charge in [-0.1, -0.05) is 26.2 Å². The number of rotatable bonds is 5. The molecule has 1 heterocycles. The number of hydrogen-bond acceptors (Lipinski definition) is 6. The third-order valence-electron chi connectivity index (χ3n) is 3.93. The minimum absolute atomic E-state index is 0.0802. The van der Waals surface area contributed by atoms with Crippen molar-refractivity contribution in [1.82, 2.24) is 9.97 Å². The first-order valence-electron chi connectivity index (χ1n) is 6.97. The summed E-state index contributed by atoms with van der Waals surface area (Å²) < 4.78 is 0. The summed E-state index contributed by atoms with van der Waals surface area (Å²) in [6, 6.07) is 0. The molecule has 0 amide bonds. The van der Waals surface area contributed by atoms with E-state index in [2.05, 4.69) is 27.5 Å². The van der Waals surface area contributed by atoms with Crippen molar-refractivity contribution in [2.45, 2.75) is 39.0 Å². The Labute approximate surface area is 118 Å².